The zero-order valence-electron chi connectivity index (χ0n) is 18.3. The van der Waals surface area contributed by atoms with Gasteiger partial charge in [-0.25, -0.2) is 29.9 Å². The van der Waals surface area contributed by atoms with E-state index in [2.05, 4.69) is 52.1 Å². The number of hydrogen-bond acceptors (Lipinski definition) is 11. The molecule has 4 rings (SSSR count). The lowest BCUT2D eigenvalue weighted by Gasteiger charge is -2.10. The van der Waals surface area contributed by atoms with Gasteiger partial charge in [-0.3, -0.25) is 4.99 Å². The Morgan fingerprint density at radius 1 is 1.28 bits per heavy atom. The molecule has 2 atom stereocenters. The normalized spacial score (nSPS) is 19.8. The van der Waals surface area contributed by atoms with Gasteiger partial charge in [-0.1, -0.05) is 18.2 Å². The van der Waals surface area contributed by atoms with Crippen molar-refractivity contribution in [3.63, 3.8) is 0 Å². The van der Waals surface area contributed by atoms with Gasteiger partial charge in [0.1, 0.15) is 24.5 Å². The maximum atomic E-state index is 8.85. The average molecular weight is 440 g/mol. The first-order valence-corrected chi connectivity index (χ1v) is 10.0. The van der Waals surface area contributed by atoms with Crippen molar-refractivity contribution >= 4 is 42.5 Å². The highest BCUT2D eigenvalue weighted by Crippen LogP contribution is 2.25. The maximum absolute atomic E-state index is 8.85. The highest BCUT2D eigenvalue weighted by molar-refractivity contribution is 5.83. The van der Waals surface area contributed by atoms with Crippen LogP contribution in [0.15, 0.2) is 55.7 Å². The molecule has 3 aliphatic heterocycles. The van der Waals surface area contributed by atoms with Crippen molar-refractivity contribution < 1.29 is 10.2 Å². The molecule has 4 heterocycles. The quantitative estimate of drug-likeness (QED) is 0.385. The predicted molar refractivity (Wildman–Crippen MR) is 130 cm³/mol. The van der Waals surface area contributed by atoms with E-state index in [0.717, 1.165) is 29.2 Å². The summed E-state index contributed by atoms with van der Waals surface area (Å²) in [5.41, 5.74) is 2.67. The molecule has 0 saturated heterocycles. The second kappa shape index (κ2) is 13.7. The molecule has 0 radical (unpaired) electrons. The van der Waals surface area contributed by atoms with Crippen molar-refractivity contribution in [2.24, 2.45) is 25.0 Å². The Morgan fingerprint density at radius 2 is 2.12 bits per heavy atom. The number of nitrogens with one attached hydrogen (secondary N) is 2. The molecule has 0 fully saturated rings. The van der Waals surface area contributed by atoms with Crippen LogP contribution in [-0.4, -0.2) is 83.0 Å². The number of fused-ring (bicyclic) bond motifs is 2. The summed E-state index contributed by atoms with van der Waals surface area (Å²) >= 11 is 0. The van der Waals surface area contributed by atoms with E-state index < -0.39 is 0 Å². The first-order valence-electron chi connectivity index (χ1n) is 10.0. The fourth-order valence-electron chi connectivity index (χ4n) is 2.53. The van der Waals surface area contributed by atoms with Crippen molar-refractivity contribution in [3.8, 4) is 0 Å². The average Bonchev–Trinajstić information content (AvgIpc) is 3.49. The van der Waals surface area contributed by atoms with E-state index >= 15 is 0 Å². The second-order valence-corrected chi connectivity index (χ2v) is 6.78. The Kier molecular flexibility index (Phi) is 10.6. The number of nitrogens with zero attached hydrogens (tertiary/aromatic N) is 7. The molecular formula is C21H29N9O2. The van der Waals surface area contributed by atoms with Gasteiger partial charge in [0, 0.05) is 42.9 Å². The zero-order valence-corrected chi connectivity index (χ0v) is 18.3. The van der Waals surface area contributed by atoms with Crippen LogP contribution in [0.3, 0.4) is 0 Å². The van der Waals surface area contributed by atoms with Crippen LogP contribution in [0, 0.1) is 0 Å². The summed E-state index contributed by atoms with van der Waals surface area (Å²) in [6.45, 7) is 7.73. The molecule has 0 spiro atoms. The summed E-state index contributed by atoms with van der Waals surface area (Å²) in [4.78, 5) is 28.0. The maximum Gasteiger partial charge on any atom is 0.168 e. The number of aliphatic imine (C=N–C) groups is 5. The molecule has 0 bridgehead atoms. The van der Waals surface area contributed by atoms with Gasteiger partial charge in [0.25, 0.3) is 0 Å². The highest BCUT2D eigenvalue weighted by atomic mass is 16.3. The van der Waals surface area contributed by atoms with E-state index in [1.165, 1.54) is 18.9 Å². The fraction of sp³-hybridized carbons (Fsp3) is 0.381. The van der Waals surface area contributed by atoms with Crippen LogP contribution >= 0.6 is 0 Å². The number of hydrogen-bond donors (Lipinski definition) is 4. The highest BCUT2D eigenvalue weighted by Gasteiger charge is 2.21. The van der Waals surface area contributed by atoms with Gasteiger partial charge in [-0.15, -0.1) is 0 Å². The third kappa shape index (κ3) is 7.93. The Hall–Kier alpha value is -3.57. The van der Waals surface area contributed by atoms with E-state index in [1.54, 1.807) is 13.3 Å². The number of aliphatic hydroxyl groups is 2. The van der Waals surface area contributed by atoms with Gasteiger partial charge in [-0.2, -0.15) is 0 Å². The summed E-state index contributed by atoms with van der Waals surface area (Å²) in [7, 11) is 0. The Balaban J connectivity index is 0.000000191. The smallest absolute Gasteiger partial charge is 0.168 e. The van der Waals surface area contributed by atoms with Crippen molar-refractivity contribution in [2.75, 3.05) is 25.1 Å². The lowest BCUT2D eigenvalue weighted by atomic mass is 10.2. The molecule has 0 amide bonds. The molecule has 4 N–H and O–H groups in total. The third-order valence-electron chi connectivity index (χ3n) is 4.29. The largest absolute Gasteiger partial charge is 0.392 e. The second-order valence-electron chi connectivity index (χ2n) is 6.78. The van der Waals surface area contributed by atoms with Gasteiger partial charge in [0.15, 0.2) is 12.0 Å². The predicted octanol–water partition coefficient (Wildman–Crippen LogP) is 1.09. The first kappa shape index (κ1) is 24.7. The number of aromatic nitrogens is 2. The summed E-state index contributed by atoms with van der Waals surface area (Å²) < 4.78 is 0. The van der Waals surface area contributed by atoms with Crippen LogP contribution in [-0.2, 0) is 6.42 Å². The SMILES string of the molecule is C/C(=C\CNc1ncnc2c1CC=N2)CO.C1=NC=NC2N=CNC12.C=CN=C(C)CO. The molecule has 11 heteroatoms. The molecule has 3 aliphatic rings. The van der Waals surface area contributed by atoms with Gasteiger partial charge >= 0.3 is 0 Å². The standard InChI is InChI=1S/C11H14N4O.C5H6N4.C5H9NO/c1-8(6-16)2-4-12-10-9-3-5-13-11(9)15-7-14-10;1-4-5(8-2-6-1)9-3-7-4;1-3-6-5(2)4-7/h2,5,7,16H,3-4,6H2,1H3,(H,12,14,15);1-5H,(H,7,9);3,7H,1,4H2,2H3/b8-2+;;. The number of rotatable bonds is 6. The topological polar surface area (TPSA) is 152 Å². The minimum atomic E-state index is 0.0199. The molecule has 0 aromatic carbocycles. The summed E-state index contributed by atoms with van der Waals surface area (Å²) in [6, 6.07) is 0.204. The van der Waals surface area contributed by atoms with Crippen LogP contribution in [0.4, 0.5) is 11.6 Å². The summed E-state index contributed by atoms with van der Waals surface area (Å²) in [5, 5.41) is 23.3. The van der Waals surface area contributed by atoms with Crippen molar-refractivity contribution in [1.29, 1.82) is 0 Å². The van der Waals surface area contributed by atoms with Crippen molar-refractivity contribution in [1.82, 2.24) is 15.3 Å². The van der Waals surface area contributed by atoms with Gasteiger partial charge in [-0.05, 0) is 13.8 Å². The van der Waals surface area contributed by atoms with E-state index in [0.29, 0.717) is 12.3 Å². The molecule has 0 saturated carbocycles. The van der Waals surface area contributed by atoms with Crippen molar-refractivity contribution in [3.05, 3.63) is 36.3 Å². The monoisotopic (exact) mass is 439 g/mol. The van der Waals surface area contributed by atoms with Crippen molar-refractivity contribution in [2.45, 2.75) is 32.5 Å². The lowest BCUT2D eigenvalue weighted by molar-refractivity contribution is 0.331. The molecular weight excluding hydrogens is 410 g/mol. The molecule has 32 heavy (non-hydrogen) atoms. The van der Waals surface area contributed by atoms with E-state index in [-0.39, 0.29) is 25.4 Å². The third-order valence-corrected chi connectivity index (χ3v) is 4.29. The van der Waals surface area contributed by atoms with Crippen LogP contribution in [0.1, 0.15) is 19.4 Å². The molecule has 1 aromatic rings. The van der Waals surface area contributed by atoms with Gasteiger partial charge in [0.05, 0.1) is 19.6 Å². The first-order chi connectivity index (χ1) is 15.6. The van der Waals surface area contributed by atoms with Gasteiger partial charge < -0.3 is 20.8 Å². The molecule has 1 aromatic heterocycles. The fourth-order valence-corrected chi connectivity index (χ4v) is 2.53. The van der Waals surface area contributed by atoms with E-state index in [4.69, 9.17) is 10.2 Å². The molecule has 11 nitrogen and oxygen atoms in total. The molecule has 2 unspecified atom stereocenters. The zero-order chi connectivity index (χ0) is 23.2. The van der Waals surface area contributed by atoms with Crippen LogP contribution in [0.5, 0.6) is 0 Å². The number of aliphatic hydroxyl groups excluding tert-OH is 2. The Morgan fingerprint density at radius 3 is 2.81 bits per heavy atom. The Bertz CT molecular complexity index is 935. The Labute approximate surface area is 187 Å². The minimum absolute atomic E-state index is 0.0199. The van der Waals surface area contributed by atoms with Crippen LogP contribution in [0.25, 0.3) is 0 Å². The summed E-state index contributed by atoms with van der Waals surface area (Å²) in [6.07, 6.45) is 12.5. The minimum Gasteiger partial charge on any atom is -0.392 e. The number of anilines is 1. The van der Waals surface area contributed by atoms with E-state index in [1.807, 2.05) is 25.4 Å². The van der Waals surface area contributed by atoms with Gasteiger partial charge in [0.2, 0.25) is 0 Å². The summed E-state index contributed by atoms with van der Waals surface area (Å²) in [5.74, 6) is 1.57. The lowest BCUT2D eigenvalue weighted by Crippen LogP contribution is -2.33. The van der Waals surface area contributed by atoms with Crippen LogP contribution in [0.2, 0.25) is 0 Å². The molecule has 170 valence electrons. The van der Waals surface area contributed by atoms with Crippen LogP contribution < -0.4 is 10.6 Å². The molecule has 0 aliphatic carbocycles. The van der Waals surface area contributed by atoms with E-state index in [9.17, 15) is 0 Å².